The van der Waals surface area contributed by atoms with Gasteiger partial charge in [-0.3, -0.25) is 9.69 Å². The predicted octanol–water partition coefficient (Wildman–Crippen LogP) is 3.19. The summed E-state index contributed by atoms with van der Waals surface area (Å²) in [6.07, 6.45) is -3.28. The number of benzene rings is 1. The van der Waals surface area contributed by atoms with Gasteiger partial charge < -0.3 is 10.1 Å². The highest BCUT2D eigenvalue weighted by atomic mass is 35.5. The van der Waals surface area contributed by atoms with Crippen molar-refractivity contribution < 1.29 is 22.7 Å². The van der Waals surface area contributed by atoms with Gasteiger partial charge in [-0.1, -0.05) is 11.6 Å². The maximum Gasteiger partial charge on any atom is 0.419 e. The number of likely N-dealkylation sites (tertiary alicyclic amines) is 1. The molecule has 138 valence electrons. The summed E-state index contributed by atoms with van der Waals surface area (Å²) in [5, 5.41) is 3.49. The van der Waals surface area contributed by atoms with E-state index in [4.69, 9.17) is 16.3 Å². The van der Waals surface area contributed by atoms with Crippen molar-refractivity contribution in [3.63, 3.8) is 0 Å². The van der Waals surface area contributed by atoms with Gasteiger partial charge in [0.2, 0.25) is 6.23 Å². The topological polar surface area (TPSA) is 41.6 Å². The van der Waals surface area contributed by atoms with Crippen LogP contribution in [0.4, 0.5) is 13.2 Å². The zero-order chi connectivity index (χ0) is 18.0. The van der Waals surface area contributed by atoms with Crippen LogP contribution in [0, 0.1) is 11.8 Å². The van der Waals surface area contributed by atoms with Crippen LogP contribution in [-0.2, 0) is 11.0 Å². The van der Waals surface area contributed by atoms with E-state index >= 15 is 0 Å². The first-order valence-corrected chi connectivity index (χ1v) is 8.69. The molecule has 1 aromatic rings. The Morgan fingerprint density at radius 3 is 2.44 bits per heavy atom. The maximum atomic E-state index is 13.2. The number of hydrogen-bond donors (Lipinski definition) is 1. The van der Waals surface area contributed by atoms with Crippen LogP contribution >= 0.6 is 11.6 Å². The number of halogens is 4. The molecule has 0 bridgehead atoms. The predicted molar refractivity (Wildman–Crippen MR) is 87.6 cm³/mol. The number of aldehydes is 1. The number of ether oxygens (including phenoxy) is 1. The van der Waals surface area contributed by atoms with E-state index in [1.54, 1.807) is 0 Å². The third kappa shape index (κ3) is 4.27. The van der Waals surface area contributed by atoms with E-state index in [-0.39, 0.29) is 5.02 Å². The Labute approximate surface area is 149 Å². The van der Waals surface area contributed by atoms with Gasteiger partial charge in [0, 0.05) is 18.1 Å². The molecule has 2 saturated heterocycles. The number of alkyl halides is 3. The average molecular weight is 377 g/mol. The van der Waals surface area contributed by atoms with Crippen molar-refractivity contribution >= 4 is 17.9 Å². The highest BCUT2D eigenvalue weighted by Gasteiger charge is 2.37. The van der Waals surface area contributed by atoms with Crippen molar-refractivity contribution in [1.82, 2.24) is 10.2 Å². The third-order valence-corrected chi connectivity index (χ3v) is 5.26. The molecule has 0 spiro atoms. The van der Waals surface area contributed by atoms with Crippen molar-refractivity contribution in [3.05, 3.63) is 28.8 Å². The Bertz CT molecular complexity index is 612. The first-order valence-electron chi connectivity index (χ1n) is 8.32. The molecular weight excluding hydrogens is 357 g/mol. The number of hydrogen-bond acceptors (Lipinski definition) is 4. The Morgan fingerprint density at radius 2 is 1.88 bits per heavy atom. The van der Waals surface area contributed by atoms with Gasteiger partial charge in [-0.15, -0.1) is 0 Å². The van der Waals surface area contributed by atoms with Crippen LogP contribution in [0.3, 0.4) is 0 Å². The van der Waals surface area contributed by atoms with Crippen LogP contribution in [0.15, 0.2) is 18.2 Å². The lowest BCUT2D eigenvalue weighted by molar-refractivity contribution is -0.141. The smallest absolute Gasteiger partial charge is 0.419 e. The zero-order valence-electron chi connectivity index (χ0n) is 13.6. The van der Waals surface area contributed by atoms with Gasteiger partial charge in [0.25, 0.3) is 0 Å². The fraction of sp³-hybridized carbons (Fsp3) is 0.588. The highest BCUT2D eigenvalue weighted by Crippen LogP contribution is 2.38. The fourth-order valence-corrected chi connectivity index (χ4v) is 3.80. The summed E-state index contributed by atoms with van der Waals surface area (Å²) < 4.78 is 45.0. The Balaban J connectivity index is 1.76. The van der Waals surface area contributed by atoms with Gasteiger partial charge in [0.05, 0.1) is 5.56 Å². The van der Waals surface area contributed by atoms with Crippen LogP contribution in [0.5, 0.6) is 5.75 Å². The number of nitrogens with zero attached hydrogens (tertiary/aromatic N) is 1. The molecule has 3 atom stereocenters. The summed E-state index contributed by atoms with van der Waals surface area (Å²) in [7, 11) is 0. The molecule has 25 heavy (non-hydrogen) atoms. The maximum absolute atomic E-state index is 13.2. The Morgan fingerprint density at radius 1 is 1.24 bits per heavy atom. The summed E-state index contributed by atoms with van der Waals surface area (Å²) in [6.45, 7) is 3.15. The zero-order valence-corrected chi connectivity index (χ0v) is 14.3. The average Bonchev–Trinajstić information content (AvgIpc) is 2.90. The van der Waals surface area contributed by atoms with Gasteiger partial charge in [0.1, 0.15) is 5.75 Å². The molecule has 0 aliphatic carbocycles. The van der Waals surface area contributed by atoms with Crippen molar-refractivity contribution in [1.29, 1.82) is 0 Å². The lowest BCUT2D eigenvalue weighted by atomic mass is 9.92. The molecule has 2 aliphatic heterocycles. The van der Waals surface area contributed by atoms with Crippen LogP contribution in [0.1, 0.15) is 18.4 Å². The van der Waals surface area contributed by atoms with Gasteiger partial charge in [-0.05, 0) is 56.0 Å². The molecule has 3 rings (SSSR count). The molecule has 1 unspecified atom stereocenters. The van der Waals surface area contributed by atoms with Crippen molar-refractivity contribution in [2.75, 3.05) is 26.2 Å². The standard InChI is InChI=1S/C17H20ClF3N2O2/c18-13-1-2-14(17(19,20)21)15(7-13)25-16(10-24)23-5-3-11-8-22-9-12(11)4-6-23/h1-2,7,10-12,16,22H,3-6,8-9H2/t11-,12+,16?. The van der Waals surface area contributed by atoms with E-state index in [0.717, 1.165) is 44.1 Å². The minimum absolute atomic E-state index is 0.129. The van der Waals surface area contributed by atoms with Crippen LogP contribution in [0.2, 0.25) is 5.02 Å². The van der Waals surface area contributed by atoms with Crippen LogP contribution in [-0.4, -0.2) is 43.6 Å². The molecule has 8 heteroatoms. The second-order valence-electron chi connectivity index (χ2n) is 6.57. The lowest BCUT2D eigenvalue weighted by Crippen LogP contribution is -2.42. The molecule has 2 aliphatic rings. The van der Waals surface area contributed by atoms with E-state index in [1.807, 2.05) is 4.90 Å². The molecule has 2 fully saturated rings. The molecule has 0 aromatic heterocycles. The fourth-order valence-electron chi connectivity index (χ4n) is 3.64. The van der Waals surface area contributed by atoms with E-state index in [2.05, 4.69) is 5.32 Å². The third-order valence-electron chi connectivity index (χ3n) is 5.03. The SMILES string of the molecule is O=CC(Oc1cc(Cl)ccc1C(F)(F)F)N1CC[C@@H]2CNC[C@@H]2CC1. The van der Waals surface area contributed by atoms with E-state index in [0.29, 0.717) is 31.2 Å². The van der Waals surface area contributed by atoms with E-state index < -0.39 is 23.7 Å². The molecule has 1 aromatic carbocycles. The minimum atomic E-state index is -4.57. The quantitative estimate of drug-likeness (QED) is 0.819. The molecule has 0 saturated carbocycles. The number of nitrogens with one attached hydrogen (secondary N) is 1. The number of carbonyl (C=O) groups excluding carboxylic acids is 1. The highest BCUT2D eigenvalue weighted by molar-refractivity contribution is 6.30. The van der Waals surface area contributed by atoms with Crippen LogP contribution in [0.25, 0.3) is 0 Å². The molecule has 2 heterocycles. The summed E-state index contributed by atoms with van der Waals surface area (Å²) in [5.41, 5.74) is -0.931. The number of rotatable bonds is 4. The lowest BCUT2D eigenvalue weighted by Gasteiger charge is -2.28. The second-order valence-corrected chi connectivity index (χ2v) is 7.01. The number of fused-ring (bicyclic) bond motifs is 1. The molecule has 0 radical (unpaired) electrons. The Kier molecular flexibility index (Phi) is 5.55. The van der Waals surface area contributed by atoms with Crippen LogP contribution < -0.4 is 10.1 Å². The summed E-state index contributed by atoms with van der Waals surface area (Å²) >= 11 is 5.81. The second kappa shape index (κ2) is 7.51. The van der Waals surface area contributed by atoms with E-state index in [9.17, 15) is 18.0 Å². The Hall–Kier alpha value is -1.31. The first kappa shape index (κ1) is 18.5. The summed E-state index contributed by atoms with van der Waals surface area (Å²) in [5.74, 6) is 0.687. The first-order chi connectivity index (χ1) is 11.9. The molecule has 4 nitrogen and oxygen atoms in total. The molecule has 1 N–H and O–H groups in total. The van der Waals surface area contributed by atoms with Crippen molar-refractivity contribution in [2.24, 2.45) is 11.8 Å². The molecular formula is C17H20ClF3N2O2. The minimum Gasteiger partial charge on any atom is -0.467 e. The van der Waals surface area contributed by atoms with Gasteiger partial charge in [0.15, 0.2) is 6.29 Å². The summed E-state index contributed by atoms with van der Waals surface area (Å²) in [6, 6.07) is 3.14. The summed E-state index contributed by atoms with van der Waals surface area (Å²) in [4.78, 5) is 13.3. The van der Waals surface area contributed by atoms with Gasteiger partial charge >= 0.3 is 6.18 Å². The number of carbonyl (C=O) groups is 1. The normalized spacial score (nSPS) is 25.9. The monoisotopic (exact) mass is 376 g/mol. The van der Waals surface area contributed by atoms with Crippen molar-refractivity contribution in [3.8, 4) is 5.75 Å². The van der Waals surface area contributed by atoms with Crippen molar-refractivity contribution in [2.45, 2.75) is 25.2 Å². The van der Waals surface area contributed by atoms with Gasteiger partial charge in [-0.2, -0.15) is 13.2 Å². The largest absolute Gasteiger partial charge is 0.467 e. The van der Waals surface area contributed by atoms with Gasteiger partial charge in [-0.25, -0.2) is 0 Å². The molecule has 0 amide bonds. The van der Waals surface area contributed by atoms with E-state index in [1.165, 1.54) is 0 Å².